The topological polar surface area (TPSA) is 48.0 Å². The first-order valence-electron chi connectivity index (χ1n) is 8.65. The van der Waals surface area contributed by atoms with Crippen LogP contribution in [0.3, 0.4) is 0 Å². The lowest BCUT2D eigenvalue weighted by Gasteiger charge is -2.30. The van der Waals surface area contributed by atoms with E-state index in [0.717, 1.165) is 28.9 Å². The summed E-state index contributed by atoms with van der Waals surface area (Å²) in [4.78, 5) is 14.4. The Kier molecular flexibility index (Phi) is 5.50. The Morgan fingerprint density at radius 3 is 2.52 bits per heavy atom. The second-order valence-electron chi connectivity index (χ2n) is 6.16. The quantitative estimate of drug-likeness (QED) is 0.757. The van der Waals surface area contributed by atoms with Gasteiger partial charge in [-0.05, 0) is 47.9 Å². The van der Waals surface area contributed by atoms with Gasteiger partial charge in [-0.25, -0.2) is 0 Å². The molecule has 0 spiro atoms. The van der Waals surface area contributed by atoms with Crippen molar-refractivity contribution in [1.29, 1.82) is 0 Å². The van der Waals surface area contributed by atoms with E-state index in [0.29, 0.717) is 23.7 Å². The molecule has 1 amide bonds. The van der Waals surface area contributed by atoms with Gasteiger partial charge in [0.25, 0.3) is 5.91 Å². The molecule has 27 heavy (non-hydrogen) atoms. The third kappa shape index (κ3) is 3.82. The van der Waals surface area contributed by atoms with Gasteiger partial charge in [-0.15, -0.1) is 0 Å². The van der Waals surface area contributed by atoms with Crippen molar-refractivity contribution >= 4 is 17.7 Å². The maximum atomic E-state index is 12.7. The molecule has 0 aliphatic carbocycles. The maximum Gasteiger partial charge on any atom is 0.250 e. The third-order valence-electron chi connectivity index (χ3n) is 4.63. The molecule has 5 nitrogen and oxygen atoms in total. The number of carbonyl (C=O) groups is 1. The summed E-state index contributed by atoms with van der Waals surface area (Å²) in [5.41, 5.74) is 3.56. The molecular formula is C22H23NO4. The fraction of sp³-hybridized carbons (Fsp3) is 0.227. The summed E-state index contributed by atoms with van der Waals surface area (Å²) in [5.74, 6) is 1.95. The largest absolute Gasteiger partial charge is 0.497 e. The van der Waals surface area contributed by atoms with E-state index in [1.807, 2.05) is 36.4 Å². The Balaban J connectivity index is 1.81. The molecule has 140 valence electrons. The van der Waals surface area contributed by atoms with E-state index in [4.69, 9.17) is 14.2 Å². The number of benzene rings is 2. The van der Waals surface area contributed by atoms with E-state index in [9.17, 15) is 4.79 Å². The molecule has 5 heteroatoms. The Morgan fingerprint density at radius 1 is 1.07 bits per heavy atom. The molecule has 1 aliphatic heterocycles. The third-order valence-corrected chi connectivity index (χ3v) is 4.63. The summed E-state index contributed by atoms with van der Waals surface area (Å²) in [7, 11) is 4.82. The monoisotopic (exact) mass is 365 g/mol. The second kappa shape index (κ2) is 7.99. The SMILES string of the molecule is C=C1c2cc(OC)c(OC)cc2CCN1C(=O)/C=C/c1cccc(OC)c1. The highest BCUT2D eigenvalue weighted by Gasteiger charge is 2.25. The molecule has 0 unspecified atom stereocenters. The number of nitrogens with zero attached hydrogens (tertiary/aromatic N) is 1. The molecule has 0 fully saturated rings. The first-order chi connectivity index (χ1) is 13.1. The van der Waals surface area contributed by atoms with Gasteiger partial charge < -0.3 is 19.1 Å². The van der Waals surface area contributed by atoms with E-state index in [2.05, 4.69) is 6.58 Å². The average Bonchev–Trinajstić information content (AvgIpc) is 2.71. The van der Waals surface area contributed by atoms with Crippen molar-refractivity contribution in [2.45, 2.75) is 6.42 Å². The number of fused-ring (bicyclic) bond motifs is 1. The molecule has 2 aromatic rings. The molecule has 1 aliphatic rings. The Labute approximate surface area is 159 Å². The number of hydrogen-bond acceptors (Lipinski definition) is 4. The summed E-state index contributed by atoms with van der Waals surface area (Å²) >= 11 is 0. The highest BCUT2D eigenvalue weighted by atomic mass is 16.5. The molecule has 0 N–H and O–H groups in total. The first-order valence-corrected chi connectivity index (χ1v) is 8.65. The van der Waals surface area contributed by atoms with Crippen molar-refractivity contribution in [2.24, 2.45) is 0 Å². The molecule has 0 saturated carbocycles. The number of carbonyl (C=O) groups excluding carboxylic acids is 1. The van der Waals surface area contributed by atoms with Gasteiger partial charge in [-0.3, -0.25) is 4.79 Å². The van der Waals surface area contributed by atoms with E-state index in [1.165, 1.54) is 0 Å². The minimum atomic E-state index is -0.108. The molecule has 0 radical (unpaired) electrons. The standard InChI is InChI=1S/C22H23NO4/c1-15-19-14-21(27-4)20(26-3)13-17(19)10-11-23(15)22(24)9-8-16-6-5-7-18(12-16)25-2/h5-9,12-14H,1,10-11H2,2-4H3/b9-8+. The molecule has 0 saturated heterocycles. The van der Waals surface area contributed by atoms with Gasteiger partial charge >= 0.3 is 0 Å². The van der Waals surface area contributed by atoms with Gasteiger partial charge in [0.15, 0.2) is 11.5 Å². The van der Waals surface area contributed by atoms with Crippen molar-refractivity contribution in [2.75, 3.05) is 27.9 Å². The van der Waals surface area contributed by atoms with E-state index in [1.54, 1.807) is 38.4 Å². The van der Waals surface area contributed by atoms with Crippen LogP contribution in [0.4, 0.5) is 0 Å². The predicted molar refractivity (Wildman–Crippen MR) is 106 cm³/mol. The number of amides is 1. The molecule has 0 aromatic heterocycles. The molecule has 2 aromatic carbocycles. The smallest absolute Gasteiger partial charge is 0.250 e. The number of methoxy groups -OCH3 is 3. The second-order valence-corrected chi connectivity index (χ2v) is 6.16. The zero-order valence-corrected chi connectivity index (χ0v) is 15.8. The maximum absolute atomic E-state index is 12.7. The van der Waals surface area contributed by atoms with Crippen LogP contribution in [0.2, 0.25) is 0 Å². The molecule has 3 rings (SSSR count). The van der Waals surface area contributed by atoms with Gasteiger partial charge in [0, 0.05) is 23.9 Å². The van der Waals surface area contributed by atoms with Crippen molar-refractivity contribution in [1.82, 2.24) is 4.90 Å². The minimum Gasteiger partial charge on any atom is -0.497 e. The van der Waals surface area contributed by atoms with Gasteiger partial charge in [0.1, 0.15) is 5.75 Å². The molecule has 1 heterocycles. The minimum absolute atomic E-state index is 0.108. The summed E-state index contributed by atoms with van der Waals surface area (Å²) in [6.45, 7) is 4.70. The average molecular weight is 365 g/mol. The van der Waals surface area contributed by atoms with Crippen molar-refractivity contribution < 1.29 is 19.0 Å². The number of rotatable bonds is 5. The molecule has 0 bridgehead atoms. The zero-order valence-electron chi connectivity index (χ0n) is 15.8. The first kappa shape index (κ1) is 18.6. The van der Waals surface area contributed by atoms with Crippen LogP contribution in [-0.2, 0) is 11.2 Å². The highest BCUT2D eigenvalue weighted by Crippen LogP contribution is 2.37. The van der Waals surface area contributed by atoms with Crippen LogP contribution in [0.25, 0.3) is 11.8 Å². The lowest BCUT2D eigenvalue weighted by Crippen LogP contribution is -2.33. The van der Waals surface area contributed by atoms with Crippen LogP contribution in [0, 0.1) is 0 Å². The lowest BCUT2D eigenvalue weighted by atomic mass is 9.96. The van der Waals surface area contributed by atoms with Crippen molar-refractivity contribution in [3.8, 4) is 17.2 Å². The predicted octanol–water partition coefficient (Wildman–Crippen LogP) is 3.78. The van der Waals surface area contributed by atoms with E-state index < -0.39 is 0 Å². The van der Waals surface area contributed by atoms with Gasteiger partial charge in [0.05, 0.1) is 21.3 Å². The Hall–Kier alpha value is -3.21. The normalized spacial score (nSPS) is 13.4. The van der Waals surface area contributed by atoms with Crippen LogP contribution >= 0.6 is 0 Å². The fourth-order valence-electron chi connectivity index (χ4n) is 3.16. The fourth-order valence-corrected chi connectivity index (χ4v) is 3.16. The van der Waals surface area contributed by atoms with Crippen LogP contribution in [0.1, 0.15) is 16.7 Å². The number of ether oxygens (including phenoxy) is 3. The number of hydrogen-bond donors (Lipinski definition) is 0. The van der Waals surface area contributed by atoms with Crippen molar-refractivity contribution in [3.63, 3.8) is 0 Å². The summed E-state index contributed by atoms with van der Waals surface area (Å²) in [6, 6.07) is 11.4. The van der Waals surface area contributed by atoms with Gasteiger partial charge in [0.2, 0.25) is 0 Å². The van der Waals surface area contributed by atoms with E-state index in [-0.39, 0.29) is 5.91 Å². The van der Waals surface area contributed by atoms with E-state index >= 15 is 0 Å². The van der Waals surface area contributed by atoms with Gasteiger partial charge in [-0.1, -0.05) is 18.7 Å². The zero-order chi connectivity index (χ0) is 19.4. The summed E-state index contributed by atoms with van der Waals surface area (Å²) in [6.07, 6.45) is 4.07. The Bertz CT molecular complexity index is 901. The Morgan fingerprint density at radius 2 is 1.81 bits per heavy atom. The van der Waals surface area contributed by atoms with Crippen LogP contribution < -0.4 is 14.2 Å². The highest BCUT2D eigenvalue weighted by molar-refractivity contribution is 5.98. The summed E-state index contributed by atoms with van der Waals surface area (Å²) < 4.78 is 15.9. The molecular weight excluding hydrogens is 342 g/mol. The molecule has 0 atom stereocenters. The lowest BCUT2D eigenvalue weighted by molar-refractivity contribution is -0.123. The van der Waals surface area contributed by atoms with Crippen molar-refractivity contribution in [3.05, 3.63) is 65.7 Å². The summed E-state index contributed by atoms with van der Waals surface area (Å²) in [5, 5.41) is 0. The van der Waals surface area contributed by atoms with Crippen LogP contribution in [-0.4, -0.2) is 38.7 Å². The van der Waals surface area contributed by atoms with Crippen LogP contribution in [0.5, 0.6) is 17.2 Å². The van der Waals surface area contributed by atoms with Gasteiger partial charge in [-0.2, -0.15) is 0 Å². The van der Waals surface area contributed by atoms with Crippen LogP contribution in [0.15, 0.2) is 49.1 Å².